The average Bonchev–Trinajstić information content (AvgIpc) is 2.38. The molecule has 0 saturated carbocycles. The van der Waals surface area contributed by atoms with Crippen molar-refractivity contribution in [1.82, 2.24) is 9.80 Å². The summed E-state index contributed by atoms with van der Waals surface area (Å²) in [5, 5.41) is 1.56. The molecule has 0 unspecified atom stereocenters. The van der Waals surface area contributed by atoms with E-state index in [-0.39, 0.29) is 0 Å². The lowest BCUT2D eigenvalue weighted by molar-refractivity contribution is 0.0591. The molecule has 1 aliphatic rings. The molecular weight excluding hydrogens is 272 g/mol. The van der Waals surface area contributed by atoms with Crippen LogP contribution in [0.2, 0.25) is 19.6 Å². The first-order valence-corrected chi connectivity index (χ1v) is 11.7. The summed E-state index contributed by atoms with van der Waals surface area (Å²) in [5.41, 5.74) is 1.77. The van der Waals surface area contributed by atoms with E-state index in [9.17, 15) is 0 Å². The summed E-state index contributed by atoms with van der Waals surface area (Å²) < 4.78 is 0. The molecule has 1 aliphatic heterocycles. The molecule has 0 amide bonds. The van der Waals surface area contributed by atoms with Crippen LogP contribution in [0.3, 0.4) is 0 Å². The molecule has 1 aromatic carbocycles. The van der Waals surface area contributed by atoms with E-state index in [1.807, 2.05) is 0 Å². The van der Waals surface area contributed by atoms with E-state index in [1.165, 1.54) is 31.7 Å². The molecule has 2 rings (SSSR count). The molecule has 2 nitrogen and oxygen atoms in total. The van der Waals surface area contributed by atoms with Gasteiger partial charge in [0, 0.05) is 38.3 Å². The lowest BCUT2D eigenvalue weighted by Gasteiger charge is -2.42. The van der Waals surface area contributed by atoms with Crippen molar-refractivity contribution in [3.8, 4) is 0 Å². The van der Waals surface area contributed by atoms with Gasteiger partial charge >= 0.3 is 0 Å². The second kappa shape index (κ2) is 6.23. The summed E-state index contributed by atoms with van der Waals surface area (Å²) in [4.78, 5) is 5.18. The minimum absolute atomic E-state index is 0.311. The lowest BCUT2D eigenvalue weighted by atomic mass is 10.0. The van der Waals surface area contributed by atoms with Gasteiger partial charge in [-0.3, -0.25) is 9.80 Å². The fourth-order valence-corrected chi connectivity index (χ4v) is 4.11. The van der Waals surface area contributed by atoms with Gasteiger partial charge in [-0.1, -0.05) is 49.1 Å². The van der Waals surface area contributed by atoms with Crippen molar-refractivity contribution in [2.45, 2.75) is 52.5 Å². The third kappa shape index (κ3) is 4.66. The van der Waals surface area contributed by atoms with Gasteiger partial charge in [0.25, 0.3) is 0 Å². The first kappa shape index (κ1) is 16.7. The van der Waals surface area contributed by atoms with Gasteiger partial charge in [-0.25, -0.2) is 0 Å². The maximum Gasteiger partial charge on any atom is 0.0775 e. The number of hydrogen-bond acceptors (Lipinski definition) is 2. The second-order valence-corrected chi connectivity index (χ2v) is 13.5. The second-order valence-electron chi connectivity index (χ2n) is 8.38. The molecule has 0 N–H and O–H groups in total. The SMILES string of the molecule is CC(C)(C)N1CCN(Cc2ccc([Si](C)(C)C)cc2)CC1. The Morgan fingerprint density at radius 2 is 1.43 bits per heavy atom. The van der Waals surface area contributed by atoms with Crippen LogP contribution in [0.1, 0.15) is 26.3 Å². The van der Waals surface area contributed by atoms with Crippen LogP contribution < -0.4 is 5.19 Å². The highest BCUT2D eigenvalue weighted by Gasteiger charge is 2.25. The van der Waals surface area contributed by atoms with Crippen molar-refractivity contribution in [2.75, 3.05) is 26.2 Å². The third-order valence-electron chi connectivity index (χ3n) is 4.55. The minimum atomic E-state index is -1.16. The van der Waals surface area contributed by atoms with Crippen LogP contribution in [0.5, 0.6) is 0 Å². The van der Waals surface area contributed by atoms with Gasteiger partial charge in [0.15, 0.2) is 0 Å². The van der Waals surface area contributed by atoms with Crippen LogP contribution in [0.15, 0.2) is 24.3 Å². The molecule has 1 saturated heterocycles. The predicted molar refractivity (Wildman–Crippen MR) is 96.0 cm³/mol. The number of nitrogens with zero attached hydrogens (tertiary/aromatic N) is 2. The van der Waals surface area contributed by atoms with Gasteiger partial charge < -0.3 is 0 Å². The molecule has 1 aromatic rings. The number of piperazine rings is 1. The number of hydrogen-bond donors (Lipinski definition) is 0. The Morgan fingerprint density at radius 1 is 0.905 bits per heavy atom. The van der Waals surface area contributed by atoms with Gasteiger partial charge in [0.1, 0.15) is 0 Å². The van der Waals surface area contributed by atoms with Gasteiger partial charge in [-0.15, -0.1) is 0 Å². The van der Waals surface area contributed by atoms with Gasteiger partial charge in [-0.05, 0) is 26.3 Å². The number of benzene rings is 1. The molecular formula is C18H32N2Si. The zero-order chi connectivity index (χ0) is 15.7. The molecule has 1 fully saturated rings. The Morgan fingerprint density at radius 3 is 1.86 bits per heavy atom. The monoisotopic (exact) mass is 304 g/mol. The van der Waals surface area contributed by atoms with E-state index in [4.69, 9.17) is 0 Å². The van der Waals surface area contributed by atoms with Crippen LogP contribution in [-0.4, -0.2) is 49.6 Å². The quantitative estimate of drug-likeness (QED) is 0.792. The largest absolute Gasteiger partial charge is 0.297 e. The van der Waals surface area contributed by atoms with Gasteiger partial charge in [-0.2, -0.15) is 0 Å². The number of rotatable bonds is 3. The predicted octanol–water partition coefficient (Wildman–Crippen LogP) is 3.15. The summed E-state index contributed by atoms with van der Waals surface area (Å²) >= 11 is 0. The van der Waals surface area contributed by atoms with Crippen LogP contribution in [0.25, 0.3) is 0 Å². The molecule has 0 radical (unpaired) electrons. The van der Waals surface area contributed by atoms with Gasteiger partial charge in [0.2, 0.25) is 0 Å². The zero-order valence-electron chi connectivity index (χ0n) is 14.7. The van der Waals surface area contributed by atoms with Crippen LogP contribution in [0.4, 0.5) is 0 Å². The summed E-state index contributed by atoms with van der Waals surface area (Å²) in [5.74, 6) is 0. The average molecular weight is 305 g/mol. The fourth-order valence-electron chi connectivity index (χ4n) is 2.95. The minimum Gasteiger partial charge on any atom is -0.297 e. The third-order valence-corrected chi connectivity index (χ3v) is 6.61. The van der Waals surface area contributed by atoms with E-state index >= 15 is 0 Å². The Balaban J connectivity index is 1.89. The van der Waals surface area contributed by atoms with Crippen molar-refractivity contribution in [3.05, 3.63) is 29.8 Å². The van der Waals surface area contributed by atoms with Crippen LogP contribution >= 0.6 is 0 Å². The molecule has 0 spiro atoms. The van der Waals surface area contributed by atoms with E-state index in [2.05, 4.69) is 74.5 Å². The van der Waals surface area contributed by atoms with Gasteiger partial charge in [0.05, 0.1) is 8.07 Å². The van der Waals surface area contributed by atoms with Crippen LogP contribution in [0, 0.1) is 0 Å². The summed E-state index contributed by atoms with van der Waals surface area (Å²) in [6.45, 7) is 20.0. The Kier molecular flexibility index (Phi) is 4.96. The topological polar surface area (TPSA) is 6.48 Å². The molecule has 0 bridgehead atoms. The van der Waals surface area contributed by atoms with Crippen LogP contribution in [-0.2, 0) is 6.54 Å². The van der Waals surface area contributed by atoms with E-state index in [0.29, 0.717) is 5.54 Å². The smallest absolute Gasteiger partial charge is 0.0775 e. The maximum atomic E-state index is 2.60. The van der Waals surface area contributed by atoms with Crippen molar-refractivity contribution < 1.29 is 0 Å². The summed E-state index contributed by atoms with van der Waals surface area (Å²) in [6, 6.07) is 9.38. The molecule has 0 atom stereocenters. The molecule has 0 aromatic heterocycles. The summed E-state index contributed by atoms with van der Waals surface area (Å²) in [6.07, 6.45) is 0. The Labute approximate surface area is 132 Å². The highest BCUT2D eigenvalue weighted by atomic mass is 28.3. The molecule has 21 heavy (non-hydrogen) atoms. The normalized spacial score (nSPS) is 19.0. The highest BCUT2D eigenvalue weighted by molar-refractivity contribution is 6.88. The molecule has 3 heteroatoms. The molecule has 1 heterocycles. The van der Waals surface area contributed by atoms with E-state index in [1.54, 1.807) is 5.19 Å². The Bertz CT molecular complexity index is 446. The highest BCUT2D eigenvalue weighted by Crippen LogP contribution is 2.17. The van der Waals surface area contributed by atoms with Crippen molar-refractivity contribution >= 4 is 13.3 Å². The fraction of sp³-hybridized carbons (Fsp3) is 0.667. The van der Waals surface area contributed by atoms with Crippen molar-refractivity contribution in [1.29, 1.82) is 0 Å². The molecule has 0 aliphatic carbocycles. The maximum absolute atomic E-state index is 2.60. The summed E-state index contributed by atoms with van der Waals surface area (Å²) in [7, 11) is -1.16. The van der Waals surface area contributed by atoms with E-state index < -0.39 is 8.07 Å². The molecule has 118 valence electrons. The lowest BCUT2D eigenvalue weighted by Crippen LogP contribution is -2.53. The first-order chi connectivity index (χ1) is 9.66. The van der Waals surface area contributed by atoms with Crippen molar-refractivity contribution in [2.24, 2.45) is 0 Å². The van der Waals surface area contributed by atoms with E-state index in [0.717, 1.165) is 6.54 Å². The first-order valence-electron chi connectivity index (χ1n) is 8.23. The standard InChI is InChI=1S/C18H32N2Si/c1-18(2,3)20-13-11-19(12-14-20)15-16-7-9-17(10-8-16)21(4,5)6/h7-10H,11-15H2,1-6H3. The zero-order valence-corrected chi connectivity index (χ0v) is 15.7. The van der Waals surface area contributed by atoms with Crippen molar-refractivity contribution in [3.63, 3.8) is 0 Å². The Hall–Kier alpha value is -0.643.